The van der Waals surface area contributed by atoms with Crippen molar-refractivity contribution in [3.05, 3.63) is 51.6 Å². The number of halogens is 1. The van der Waals surface area contributed by atoms with Gasteiger partial charge < -0.3 is 27.8 Å². The van der Waals surface area contributed by atoms with Crippen LogP contribution in [0, 0.1) is 29.6 Å². The Hall–Kier alpha value is -0.536. The topological polar surface area (TPSA) is 55.4 Å². The molecular weight excluding hydrogens is 856 g/mol. The highest BCUT2D eigenvalue weighted by molar-refractivity contribution is 14.1. The van der Waals surface area contributed by atoms with Crippen molar-refractivity contribution in [1.82, 2.24) is 0 Å². The molecule has 0 aliphatic carbocycles. The van der Waals surface area contributed by atoms with E-state index in [0.29, 0.717) is 52.4 Å². The number of allylic oxidation sites excluding steroid dienone is 1. The van der Waals surface area contributed by atoms with Crippen LogP contribution >= 0.6 is 22.6 Å². The Morgan fingerprint density at radius 1 is 0.632 bits per heavy atom. The zero-order chi connectivity index (χ0) is 43.8. The first-order chi connectivity index (χ1) is 26.6. The summed E-state index contributed by atoms with van der Waals surface area (Å²) in [4.78, 5) is 0. The van der Waals surface area contributed by atoms with Crippen molar-refractivity contribution >= 4 is 39.2 Å². The lowest BCUT2D eigenvalue weighted by molar-refractivity contribution is -0.137. The fourth-order valence-electron chi connectivity index (χ4n) is 10.5. The maximum Gasteiger partial charge on any atom is 0.200 e. The SMILES string of the molecule is COCO[C@H]([C@@H](C)[C@H](O[Si](C(C)C)(C(C)C)C(C)C)[C@@H](C)C/C(C)=C\[C@H](C)[C@@H](O[Si](C(C)C)(C(C)C)C(C)C)[C@@H](C)/C=C\I)[C@@H](C)COCc1ccc(OC)cc1. The monoisotopic (exact) mass is 945 g/mol. The van der Waals surface area contributed by atoms with Crippen LogP contribution in [0.25, 0.3) is 0 Å². The van der Waals surface area contributed by atoms with Gasteiger partial charge in [0.15, 0.2) is 0 Å². The standard InChI is InChI=1S/C48H89IO6Si2/c1-32(2)56(33(3)4,34(5)6)54-46(39(14)25-26-49)40(15)27-38(13)28-41(16)48(55-57(35(7)8,36(9)10)37(11)12)43(18)47(53-31-50-19)42(17)29-52-30-44-21-23-45(51-20)24-22-44/h21-27,32-37,39-43,46-48H,28-31H2,1-20H3/b26-25-,38-27-/t39-,40-,41-,42-,43+,46-,47-,48+/m0/s1. The summed E-state index contributed by atoms with van der Waals surface area (Å²) >= 11 is 2.36. The van der Waals surface area contributed by atoms with Crippen LogP contribution in [0.15, 0.2) is 46.1 Å². The molecule has 0 amide bonds. The van der Waals surface area contributed by atoms with Crippen LogP contribution in [0.4, 0.5) is 0 Å². The molecule has 1 rings (SSSR count). The summed E-state index contributed by atoms with van der Waals surface area (Å²) in [7, 11) is -0.974. The average Bonchev–Trinajstić information content (AvgIpc) is 3.11. The Morgan fingerprint density at radius 3 is 1.53 bits per heavy atom. The Balaban J connectivity index is 3.65. The Bertz CT molecular complexity index is 1250. The van der Waals surface area contributed by atoms with Crippen molar-refractivity contribution in [2.24, 2.45) is 29.6 Å². The lowest BCUT2D eigenvalue weighted by Gasteiger charge is -2.48. The second-order valence-electron chi connectivity index (χ2n) is 19.3. The maximum atomic E-state index is 7.83. The second-order valence-corrected chi connectivity index (χ2v) is 30.8. The van der Waals surface area contributed by atoms with Crippen LogP contribution in [-0.4, -0.2) is 62.6 Å². The first-order valence-corrected chi connectivity index (χ1v) is 27.7. The summed E-state index contributed by atoms with van der Waals surface area (Å²) in [6, 6.07) is 8.09. The van der Waals surface area contributed by atoms with E-state index in [4.69, 9.17) is 27.8 Å². The molecule has 0 saturated heterocycles. The van der Waals surface area contributed by atoms with Crippen molar-refractivity contribution in [1.29, 1.82) is 0 Å². The molecule has 0 saturated carbocycles. The summed E-state index contributed by atoms with van der Waals surface area (Å²) in [5.74, 6) is 1.89. The Morgan fingerprint density at radius 2 is 1.11 bits per heavy atom. The zero-order valence-corrected chi connectivity index (χ0v) is 44.4. The van der Waals surface area contributed by atoms with Crippen LogP contribution in [0.2, 0.25) is 33.2 Å². The summed E-state index contributed by atoms with van der Waals surface area (Å²) in [5.41, 5.74) is 5.52. The minimum atomic E-state index is -2.26. The molecule has 0 unspecified atom stereocenters. The molecule has 0 spiro atoms. The van der Waals surface area contributed by atoms with E-state index in [1.807, 2.05) is 12.1 Å². The molecule has 332 valence electrons. The van der Waals surface area contributed by atoms with Crippen LogP contribution < -0.4 is 4.74 Å². The van der Waals surface area contributed by atoms with Gasteiger partial charge in [0.2, 0.25) is 16.6 Å². The van der Waals surface area contributed by atoms with E-state index in [0.717, 1.165) is 17.7 Å². The quantitative estimate of drug-likeness (QED) is 0.0361. The minimum absolute atomic E-state index is 0.00998. The molecule has 1 aromatic carbocycles. The highest BCUT2D eigenvalue weighted by atomic mass is 127. The predicted octanol–water partition coefficient (Wildman–Crippen LogP) is 14.8. The fourth-order valence-corrected chi connectivity index (χ4v) is 22.6. The molecule has 6 nitrogen and oxygen atoms in total. The van der Waals surface area contributed by atoms with E-state index in [1.165, 1.54) is 5.57 Å². The molecule has 0 N–H and O–H groups in total. The number of hydrogen-bond acceptors (Lipinski definition) is 6. The number of methoxy groups -OCH3 is 2. The predicted molar refractivity (Wildman–Crippen MR) is 259 cm³/mol. The van der Waals surface area contributed by atoms with E-state index in [9.17, 15) is 0 Å². The van der Waals surface area contributed by atoms with Gasteiger partial charge in [-0.3, -0.25) is 0 Å². The van der Waals surface area contributed by atoms with E-state index < -0.39 is 16.6 Å². The van der Waals surface area contributed by atoms with E-state index in [1.54, 1.807) is 14.2 Å². The molecule has 0 aliphatic heterocycles. The van der Waals surface area contributed by atoms with Gasteiger partial charge in [0.25, 0.3) is 0 Å². The third-order valence-electron chi connectivity index (χ3n) is 13.0. The molecule has 0 bridgehead atoms. The van der Waals surface area contributed by atoms with Gasteiger partial charge in [-0.25, -0.2) is 0 Å². The summed E-state index contributed by atoms with van der Waals surface area (Å²) in [6.45, 7) is 44.1. The average molecular weight is 945 g/mol. The van der Waals surface area contributed by atoms with E-state index >= 15 is 0 Å². The second kappa shape index (κ2) is 26.1. The van der Waals surface area contributed by atoms with Crippen LogP contribution in [-0.2, 0) is 29.7 Å². The van der Waals surface area contributed by atoms with Crippen molar-refractivity contribution in [3.8, 4) is 5.75 Å². The lowest BCUT2D eigenvalue weighted by atomic mass is 9.81. The van der Waals surface area contributed by atoms with Crippen molar-refractivity contribution < 1.29 is 27.8 Å². The highest BCUT2D eigenvalue weighted by Crippen LogP contribution is 2.47. The lowest BCUT2D eigenvalue weighted by Crippen LogP contribution is -2.54. The molecule has 9 heteroatoms. The largest absolute Gasteiger partial charge is 0.497 e. The Kier molecular flexibility index (Phi) is 24.9. The number of ether oxygens (including phenoxy) is 4. The first kappa shape index (κ1) is 54.5. The van der Waals surface area contributed by atoms with Gasteiger partial charge in [-0.05, 0) is 80.2 Å². The third kappa shape index (κ3) is 15.1. The van der Waals surface area contributed by atoms with Gasteiger partial charge in [-0.2, -0.15) is 0 Å². The van der Waals surface area contributed by atoms with Crippen molar-refractivity contribution in [3.63, 3.8) is 0 Å². The minimum Gasteiger partial charge on any atom is -0.497 e. The highest BCUT2D eigenvalue weighted by Gasteiger charge is 2.50. The number of benzene rings is 1. The summed E-state index contributed by atoms with van der Waals surface area (Å²) in [6.07, 6.45) is 5.78. The van der Waals surface area contributed by atoms with Gasteiger partial charge in [-0.15, -0.1) is 0 Å². The van der Waals surface area contributed by atoms with Gasteiger partial charge in [0.1, 0.15) is 12.5 Å². The molecule has 1 aromatic rings. The Labute approximate surface area is 368 Å². The molecule has 0 heterocycles. The normalized spacial score (nSPS) is 17.9. The third-order valence-corrected chi connectivity index (χ3v) is 25.6. The molecule has 57 heavy (non-hydrogen) atoms. The van der Waals surface area contributed by atoms with Crippen LogP contribution in [0.5, 0.6) is 5.75 Å². The number of hydrogen-bond donors (Lipinski definition) is 0. The molecular formula is C48H89IO6Si2. The van der Waals surface area contributed by atoms with Crippen molar-refractivity contribution in [2.45, 2.75) is 189 Å². The molecule has 0 aliphatic rings. The van der Waals surface area contributed by atoms with Crippen LogP contribution in [0.1, 0.15) is 137 Å². The maximum absolute atomic E-state index is 7.83. The summed E-state index contributed by atoms with van der Waals surface area (Å²) in [5, 5.41) is 0. The van der Waals surface area contributed by atoms with Gasteiger partial charge >= 0.3 is 0 Å². The van der Waals surface area contributed by atoms with E-state index in [-0.39, 0.29) is 48.8 Å². The van der Waals surface area contributed by atoms with Crippen molar-refractivity contribution in [2.75, 3.05) is 27.6 Å². The first-order valence-electron chi connectivity index (χ1n) is 22.2. The zero-order valence-electron chi connectivity index (χ0n) is 40.3. The molecule has 0 radical (unpaired) electrons. The van der Waals surface area contributed by atoms with Gasteiger partial charge in [0, 0.05) is 24.9 Å². The summed E-state index contributed by atoms with van der Waals surface area (Å²) < 4.78 is 41.4. The van der Waals surface area contributed by atoms with Crippen LogP contribution in [0.3, 0.4) is 0 Å². The smallest absolute Gasteiger partial charge is 0.200 e. The van der Waals surface area contributed by atoms with E-state index in [2.05, 4.69) is 176 Å². The molecule has 8 atom stereocenters. The van der Waals surface area contributed by atoms with Gasteiger partial charge in [0.05, 0.1) is 38.6 Å². The molecule has 0 fully saturated rings. The number of rotatable bonds is 28. The van der Waals surface area contributed by atoms with Gasteiger partial charge in [-0.1, -0.05) is 170 Å². The fraction of sp³-hybridized carbons (Fsp3) is 0.792. The molecule has 0 aromatic heterocycles.